The number of nitrogens with two attached hydrogens (primary N) is 1. The smallest absolute Gasteiger partial charge is 0.124 e. The molecule has 1 heterocycles. The van der Waals surface area contributed by atoms with Crippen molar-refractivity contribution < 1.29 is 4.74 Å². The molecule has 0 aliphatic rings. The average molecular weight is 274 g/mol. The van der Waals surface area contributed by atoms with Crippen molar-refractivity contribution in [3.63, 3.8) is 0 Å². The molecule has 0 fully saturated rings. The van der Waals surface area contributed by atoms with Gasteiger partial charge in [-0.15, -0.1) is 0 Å². The number of benzene rings is 1. The Labute approximate surface area is 119 Å². The second-order valence-corrected chi connectivity index (χ2v) is 4.83. The van der Waals surface area contributed by atoms with Crippen LogP contribution in [-0.4, -0.2) is 16.4 Å². The van der Waals surface area contributed by atoms with Crippen LogP contribution in [0.4, 0.5) is 0 Å². The predicted octanol–water partition coefficient (Wildman–Crippen LogP) is 2.07. The molecule has 0 saturated heterocycles. The van der Waals surface area contributed by atoms with Crippen molar-refractivity contribution in [1.29, 1.82) is 0 Å². The van der Waals surface area contributed by atoms with E-state index in [-0.39, 0.29) is 6.04 Å². The fourth-order valence-electron chi connectivity index (χ4n) is 2.31. The van der Waals surface area contributed by atoms with Crippen molar-refractivity contribution in [1.82, 2.24) is 15.2 Å². The predicted molar refractivity (Wildman–Crippen MR) is 79.3 cm³/mol. The molecule has 5 nitrogen and oxygen atoms in total. The van der Waals surface area contributed by atoms with Crippen molar-refractivity contribution in [2.75, 3.05) is 6.61 Å². The van der Waals surface area contributed by atoms with Crippen LogP contribution >= 0.6 is 0 Å². The molecule has 2 aromatic rings. The number of aryl methyl sites for hydroxylation is 2. The van der Waals surface area contributed by atoms with Crippen LogP contribution in [0.3, 0.4) is 0 Å². The fourth-order valence-corrected chi connectivity index (χ4v) is 2.31. The van der Waals surface area contributed by atoms with Gasteiger partial charge in [0.2, 0.25) is 0 Å². The highest BCUT2D eigenvalue weighted by atomic mass is 16.5. The maximum Gasteiger partial charge on any atom is 0.124 e. The first kappa shape index (κ1) is 14.6. The molecule has 1 aromatic carbocycles. The van der Waals surface area contributed by atoms with Gasteiger partial charge in [0.25, 0.3) is 0 Å². The Morgan fingerprint density at radius 2 is 2.10 bits per heavy atom. The van der Waals surface area contributed by atoms with E-state index in [1.165, 1.54) is 0 Å². The number of para-hydroxylation sites is 1. The lowest BCUT2D eigenvalue weighted by Gasteiger charge is -2.19. The van der Waals surface area contributed by atoms with E-state index >= 15 is 0 Å². The Bertz CT molecular complexity index is 565. The first-order valence-electron chi connectivity index (χ1n) is 6.85. The Morgan fingerprint density at radius 1 is 1.35 bits per heavy atom. The summed E-state index contributed by atoms with van der Waals surface area (Å²) in [5.41, 5.74) is 5.92. The highest BCUT2D eigenvalue weighted by Gasteiger charge is 2.20. The van der Waals surface area contributed by atoms with Crippen LogP contribution in [0.2, 0.25) is 0 Å². The van der Waals surface area contributed by atoms with Crippen LogP contribution in [0.15, 0.2) is 30.5 Å². The Kier molecular flexibility index (Phi) is 4.76. The quantitative estimate of drug-likeness (QED) is 0.625. The zero-order valence-electron chi connectivity index (χ0n) is 12.3. The van der Waals surface area contributed by atoms with Gasteiger partial charge in [-0.05, 0) is 19.4 Å². The zero-order chi connectivity index (χ0) is 14.5. The van der Waals surface area contributed by atoms with Crippen LogP contribution in [0.5, 0.6) is 5.75 Å². The Hall–Kier alpha value is -1.85. The summed E-state index contributed by atoms with van der Waals surface area (Å²) in [6.07, 6.45) is 2.96. The standard InChI is InChI=1S/C15H22N4O/c1-4-9-20-14-8-6-5-7-12(14)15(17-16)13-10-19(3)18-11(13)2/h5-8,10,15,17H,4,9,16H2,1-3H3. The number of hydrogen-bond donors (Lipinski definition) is 2. The lowest BCUT2D eigenvalue weighted by Crippen LogP contribution is -2.29. The number of ether oxygens (including phenoxy) is 1. The molecule has 1 aromatic heterocycles. The van der Waals surface area contributed by atoms with E-state index in [1.54, 1.807) is 4.68 Å². The molecule has 5 heteroatoms. The number of hydrogen-bond acceptors (Lipinski definition) is 4. The summed E-state index contributed by atoms with van der Waals surface area (Å²) in [6.45, 7) is 4.77. The van der Waals surface area contributed by atoms with Crippen LogP contribution < -0.4 is 16.0 Å². The molecular formula is C15H22N4O. The van der Waals surface area contributed by atoms with E-state index in [0.29, 0.717) is 6.61 Å². The molecule has 20 heavy (non-hydrogen) atoms. The molecule has 0 aliphatic heterocycles. The first-order valence-corrected chi connectivity index (χ1v) is 6.85. The van der Waals surface area contributed by atoms with Crippen molar-refractivity contribution >= 4 is 0 Å². The largest absolute Gasteiger partial charge is 0.493 e. The van der Waals surface area contributed by atoms with Gasteiger partial charge < -0.3 is 4.74 Å². The van der Waals surface area contributed by atoms with Gasteiger partial charge in [0.1, 0.15) is 5.75 Å². The van der Waals surface area contributed by atoms with Gasteiger partial charge in [-0.1, -0.05) is 25.1 Å². The fraction of sp³-hybridized carbons (Fsp3) is 0.400. The zero-order valence-corrected chi connectivity index (χ0v) is 12.3. The monoisotopic (exact) mass is 274 g/mol. The molecule has 0 radical (unpaired) electrons. The Morgan fingerprint density at radius 3 is 2.70 bits per heavy atom. The molecule has 0 bridgehead atoms. The van der Waals surface area contributed by atoms with Gasteiger partial charge in [0.15, 0.2) is 0 Å². The normalized spacial score (nSPS) is 12.4. The van der Waals surface area contributed by atoms with Crippen LogP contribution in [-0.2, 0) is 7.05 Å². The molecule has 3 N–H and O–H groups in total. The maximum absolute atomic E-state index is 5.81. The minimum absolute atomic E-state index is 0.128. The third kappa shape index (κ3) is 3.00. The summed E-state index contributed by atoms with van der Waals surface area (Å²) in [5, 5.41) is 4.38. The van der Waals surface area contributed by atoms with E-state index in [9.17, 15) is 0 Å². The van der Waals surface area contributed by atoms with Gasteiger partial charge in [-0.25, -0.2) is 5.43 Å². The van der Waals surface area contributed by atoms with Crippen molar-refractivity contribution in [3.8, 4) is 5.75 Å². The minimum Gasteiger partial charge on any atom is -0.493 e. The lowest BCUT2D eigenvalue weighted by atomic mass is 9.99. The SMILES string of the molecule is CCCOc1ccccc1C(NN)c1cn(C)nc1C. The highest BCUT2D eigenvalue weighted by Crippen LogP contribution is 2.30. The summed E-state index contributed by atoms with van der Waals surface area (Å²) in [6, 6.07) is 7.84. The summed E-state index contributed by atoms with van der Waals surface area (Å²) < 4.78 is 7.61. The van der Waals surface area contributed by atoms with E-state index < -0.39 is 0 Å². The lowest BCUT2D eigenvalue weighted by molar-refractivity contribution is 0.311. The van der Waals surface area contributed by atoms with E-state index in [1.807, 2.05) is 44.4 Å². The number of nitrogens with one attached hydrogen (secondary N) is 1. The summed E-state index contributed by atoms with van der Waals surface area (Å²) in [7, 11) is 1.91. The molecule has 0 amide bonds. The molecular weight excluding hydrogens is 252 g/mol. The molecule has 0 saturated carbocycles. The van der Waals surface area contributed by atoms with Crippen LogP contribution in [0, 0.1) is 6.92 Å². The minimum atomic E-state index is -0.128. The van der Waals surface area contributed by atoms with Crippen molar-refractivity contribution in [3.05, 3.63) is 47.3 Å². The molecule has 1 unspecified atom stereocenters. The maximum atomic E-state index is 5.81. The molecule has 108 valence electrons. The van der Waals surface area contributed by atoms with E-state index in [4.69, 9.17) is 10.6 Å². The van der Waals surface area contributed by atoms with Crippen LogP contribution in [0.1, 0.15) is 36.2 Å². The molecule has 0 spiro atoms. The van der Waals surface area contributed by atoms with Gasteiger partial charge >= 0.3 is 0 Å². The van der Waals surface area contributed by atoms with Crippen molar-refractivity contribution in [2.24, 2.45) is 12.9 Å². The number of aromatic nitrogens is 2. The van der Waals surface area contributed by atoms with E-state index in [0.717, 1.165) is 29.0 Å². The molecule has 2 rings (SSSR count). The summed E-state index contributed by atoms with van der Waals surface area (Å²) >= 11 is 0. The Balaban J connectivity index is 2.39. The number of nitrogens with zero attached hydrogens (tertiary/aromatic N) is 2. The second kappa shape index (κ2) is 6.54. The summed E-state index contributed by atoms with van der Waals surface area (Å²) in [5.74, 6) is 6.63. The molecule has 0 aliphatic carbocycles. The van der Waals surface area contributed by atoms with Gasteiger partial charge in [0, 0.05) is 24.4 Å². The van der Waals surface area contributed by atoms with Gasteiger partial charge in [0.05, 0.1) is 18.3 Å². The van der Waals surface area contributed by atoms with Gasteiger partial charge in [-0.3, -0.25) is 10.5 Å². The average Bonchev–Trinajstić information content (AvgIpc) is 2.77. The van der Waals surface area contributed by atoms with Crippen LogP contribution in [0.25, 0.3) is 0 Å². The second-order valence-electron chi connectivity index (χ2n) is 4.83. The van der Waals surface area contributed by atoms with Gasteiger partial charge in [-0.2, -0.15) is 5.10 Å². The third-order valence-corrected chi connectivity index (χ3v) is 3.22. The highest BCUT2D eigenvalue weighted by molar-refractivity contribution is 5.42. The molecule has 1 atom stereocenters. The first-order chi connectivity index (χ1) is 9.67. The topological polar surface area (TPSA) is 65.1 Å². The third-order valence-electron chi connectivity index (χ3n) is 3.22. The van der Waals surface area contributed by atoms with E-state index in [2.05, 4.69) is 17.4 Å². The number of rotatable bonds is 6. The summed E-state index contributed by atoms with van der Waals surface area (Å²) in [4.78, 5) is 0. The van der Waals surface area contributed by atoms with Crippen molar-refractivity contribution in [2.45, 2.75) is 26.3 Å². The number of hydrazine groups is 1.